The van der Waals surface area contributed by atoms with Crippen LogP contribution >= 0.6 is 0 Å². The number of aromatic nitrogens is 2. The Balaban J connectivity index is 1.17. The average Bonchev–Trinajstić information content (AvgIpc) is 3.77. The number of rotatable bonds is 4. The summed E-state index contributed by atoms with van der Waals surface area (Å²) in [6, 6.07) is 71.4. The Bertz CT molecular complexity index is 3420. The lowest BCUT2D eigenvalue weighted by atomic mass is 9.89. The smallest absolute Gasteiger partial charge is 0.0625 e. The van der Waals surface area contributed by atoms with Crippen LogP contribution in [-0.4, -0.2) is 9.13 Å². The minimum Gasteiger partial charge on any atom is -0.309 e. The zero-order valence-electron chi connectivity index (χ0n) is 29.4. The number of fused-ring (bicyclic) bond motifs is 8. The largest absolute Gasteiger partial charge is 0.309 e. The van der Waals surface area contributed by atoms with Crippen molar-refractivity contribution in [2.75, 3.05) is 0 Å². The number of hydrogen-bond donors (Lipinski definition) is 0. The predicted octanol–water partition coefficient (Wildman–Crippen LogP) is 14.1. The maximum atomic E-state index is 2.50. The first-order valence-electron chi connectivity index (χ1n) is 18.7. The summed E-state index contributed by atoms with van der Waals surface area (Å²) in [7, 11) is 0. The van der Waals surface area contributed by atoms with Crippen molar-refractivity contribution in [1.82, 2.24) is 9.13 Å². The van der Waals surface area contributed by atoms with Crippen molar-refractivity contribution >= 4 is 75.9 Å². The third-order valence-electron chi connectivity index (χ3n) is 11.6. The molecule has 10 aromatic carbocycles. The SMILES string of the molecule is c1ccc(-c2cccc(-n3c4ccccc4c4cc(-c5ccc6c7ccc8ccccc8c7c7cccc8c7c6c5n8-c5ccccc5)ccc43)c2)cc1. The van der Waals surface area contributed by atoms with Crippen LogP contribution in [0.5, 0.6) is 0 Å². The minimum atomic E-state index is 1.16. The molecule has 0 N–H and O–H groups in total. The molecule has 0 fully saturated rings. The Morgan fingerprint density at radius 3 is 1.81 bits per heavy atom. The van der Waals surface area contributed by atoms with Crippen molar-refractivity contribution in [3.63, 3.8) is 0 Å². The van der Waals surface area contributed by atoms with Gasteiger partial charge in [0.1, 0.15) is 0 Å². The molecule has 0 aliphatic carbocycles. The van der Waals surface area contributed by atoms with Crippen molar-refractivity contribution in [3.8, 4) is 33.6 Å². The molecule has 250 valence electrons. The van der Waals surface area contributed by atoms with Crippen LogP contribution in [0.25, 0.3) is 110 Å². The Morgan fingerprint density at radius 1 is 0.278 bits per heavy atom. The monoisotopic (exact) mass is 684 g/mol. The topological polar surface area (TPSA) is 9.86 Å². The molecule has 2 nitrogen and oxygen atoms in total. The van der Waals surface area contributed by atoms with Gasteiger partial charge in [-0.05, 0) is 97.5 Å². The van der Waals surface area contributed by atoms with Gasteiger partial charge in [0, 0.05) is 38.5 Å². The van der Waals surface area contributed by atoms with Gasteiger partial charge in [-0.15, -0.1) is 0 Å². The molecule has 0 atom stereocenters. The quantitative estimate of drug-likeness (QED) is 0.163. The van der Waals surface area contributed by atoms with Crippen LogP contribution in [0.4, 0.5) is 0 Å². The Hall–Kier alpha value is -7.16. The molecule has 0 radical (unpaired) electrons. The van der Waals surface area contributed by atoms with E-state index in [2.05, 4.69) is 203 Å². The molecule has 0 spiro atoms. The molecule has 0 saturated carbocycles. The third kappa shape index (κ3) is 4.05. The van der Waals surface area contributed by atoms with Gasteiger partial charge < -0.3 is 9.13 Å². The van der Waals surface area contributed by atoms with E-state index in [0.29, 0.717) is 0 Å². The molecule has 12 aromatic rings. The van der Waals surface area contributed by atoms with E-state index in [1.807, 2.05) is 0 Å². The Morgan fingerprint density at radius 2 is 0.926 bits per heavy atom. The molecule has 0 aliphatic rings. The zero-order chi connectivity index (χ0) is 35.3. The molecule has 0 amide bonds. The first-order chi connectivity index (χ1) is 26.8. The van der Waals surface area contributed by atoms with E-state index in [9.17, 15) is 0 Å². The lowest BCUT2D eigenvalue weighted by Gasteiger charge is -2.14. The van der Waals surface area contributed by atoms with Crippen LogP contribution < -0.4 is 0 Å². The van der Waals surface area contributed by atoms with Crippen molar-refractivity contribution < 1.29 is 0 Å². The third-order valence-corrected chi connectivity index (χ3v) is 11.6. The van der Waals surface area contributed by atoms with E-state index < -0.39 is 0 Å². The van der Waals surface area contributed by atoms with Crippen LogP contribution in [0.3, 0.4) is 0 Å². The fourth-order valence-electron chi connectivity index (χ4n) is 9.36. The summed E-state index contributed by atoms with van der Waals surface area (Å²) in [6.45, 7) is 0. The van der Waals surface area contributed by atoms with Gasteiger partial charge in [-0.1, -0.05) is 146 Å². The van der Waals surface area contributed by atoms with Gasteiger partial charge in [0.2, 0.25) is 0 Å². The molecule has 2 heterocycles. The normalized spacial score (nSPS) is 12.1. The second-order valence-electron chi connectivity index (χ2n) is 14.5. The van der Waals surface area contributed by atoms with Gasteiger partial charge in [0.15, 0.2) is 0 Å². The van der Waals surface area contributed by atoms with Crippen LogP contribution in [0.1, 0.15) is 0 Å². The summed E-state index contributed by atoms with van der Waals surface area (Å²) in [5.74, 6) is 0. The standard InChI is InChI=1S/C52H32N2/c1-3-13-33(14-4-1)35-16-11-19-38(31-35)53-46-23-10-9-21-41(46)45-32-36(26-30-47(45)53)40-28-29-43-42-27-25-34-15-7-8-20-39(34)49(42)44-22-12-24-48-50(44)51(43)52(40)54(48)37-17-5-2-6-18-37/h1-32H. The Labute approximate surface area is 311 Å². The summed E-state index contributed by atoms with van der Waals surface area (Å²) < 4.78 is 4.93. The first-order valence-corrected chi connectivity index (χ1v) is 18.7. The summed E-state index contributed by atoms with van der Waals surface area (Å²) in [4.78, 5) is 0. The molecule has 0 aliphatic heterocycles. The maximum Gasteiger partial charge on any atom is 0.0625 e. The van der Waals surface area contributed by atoms with E-state index in [0.717, 1.165) is 5.69 Å². The summed E-state index contributed by atoms with van der Waals surface area (Å²) in [5.41, 5.74) is 12.1. The lowest BCUT2D eigenvalue weighted by Crippen LogP contribution is -1.96. The molecular formula is C52H32N2. The van der Waals surface area contributed by atoms with E-state index in [1.54, 1.807) is 0 Å². The number of hydrogen-bond acceptors (Lipinski definition) is 0. The molecule has 54 heavy (non-hydrogen) atoms. The molecule has 2 aromatic heterocycles. The highest BCUT2D eigenvalue weighted by molar-refractivity contribution is 6.39. The molecule has 0 saturated heterocycles. The molecular weight excluding hydrogens is 653 g/mol. The second kappa shape index (κ2) is 11.2. The summed E-state index contributed by atoms with van der Waals surface area (Å²) >= 11 is 0. The van der Waals surface area contributed by atoms with Crippen LogP contribution in [0.15, 0.2) is 194 Å². The number of benzene rings is 10. The van der Waals surface area contributed by atoms with Gasteiger partial charge in [0.05, 0.1) is 22.1 Å². The number of nitrogens with zero attached hydrogens (tertiary/aromatic N) is 2. The highest BCUT2D eigenvalue weighted by Crippen LogP contribution is 2.48. The van der Waals surface area contributed by atoms with E-state index in [4.69, 9.17) is 0 Å². The van der Waals surface area contributed by atoms with Crippen LogP contribution in [-0.2, 0) is 0 Å². The second-order valence-corrected chi connectivity index (χ2v) is 14.5. The van der Waals surface area contributed by atoms with Crippen molar-refractivity contribution in [2.45, 2.75) is 0 Å². The maximum absolute atomic E-state index is 2.50. The van der Waals surface area contributed by atoms with Crippen molar-refractivity contribution in [2.24, 2.45) is 0 Å². The van der Waals surface area contributed by atoms with Gasteiger partial charge in [0.25, 0.3) is 0 Å². The fourth-order valence-corrected chi connectivity index (χ4v) is 9.36. The molecule has 0 unspecified atom stereocenters. The van der Waals surface area contributed by atoms with Gasteiger partial charge in [-0.3, -0.25) is 0 Å². The van der Waals surface area contributed by atoms with Gasteiger partial charge in [-0.2, -0.15) is 0 Å². The van der Waals surface area contributed by atoms with Crippen LogP contribution in [0.2, 0.25) is 0 Å². The predicted molar refractivity (Wildman–Crippen MR) is 230 cm³/mol. The van der Waals surface area contributed by atoms with Crippen molar-refractivity contribution in [1.29, 1.82) is 0 Å². The van der Waals surface area contributed by atoms with E-state index in [-0.39, 0.29) is 0 Å². The molecule has 2 heteroatoms. The molecule has 0 bridgehead atoms. The van der Waals surface area contributed by atoms with Crippen LogP contribution in [0, 0.1) is 0 Å². The fraction of sp³-hybridized carbons (Fsp3) is 0. The van der Waals surface area contributed by atoms with E-state index >= 15 is 0 Å². The highest BCUT2D eigenvalue weighted by Gasteiger charge is 2.24. The van der Waals surface area contributed by atoms with Gasteiger partial charge in [-0.25, -0.2) is 0 Å². The molecule has 12 rings (SSSR count). The Kier molecular flexibility index (Phi) is 6.09. The van der Waals surface area contributed by atoms with Crippen molar-refractivity contribution in [3.05, 3.63) is 194 Å². The minimum absolute atomic E-state index is 1.16. The highest BCUT2D eigenvalue weighted by atomic mass is 15.0. The number of para-hydroxylation sites is 2. The lowest BCUT2D eigenvalue weighted by molar-refractivity contribution is 1.18. The zero-order valence-corrected chi connectivity index (χ0v) is 29.4. The van der Waals surface area contributed by atoms with E-state index in [1.165, 1.54) is 104 Å². The first kappa shape index (κ1) is 29.4. The average molecular weight is 685 g/mol. The summed E-state index contributed by atoms with van der Waals surface area (Å²) in [6.07, 6.45) is 0. The summed E-state index contributed by atoms with van der Waals surface area (Å²) in [5, 5.41) is 12.9. The van der Waals surface area contributed by atoms with Gasteiger partial charge >= 0.3 is 0 Å².